The van der Waals surface area contributed by atoms with Crippen LogP contribution in [0.15, 0.2) is 0 Å². The topological polar surface area (TPSA) is 79.2 Å². The quantitative estimate of drug-likeness (QED) is 0.0399. The van der Waals surface area contributed by atoms with Crippen LogP contribution in [-0.4, -0.2) is 65.8 Å². The van der Waals surface area contributed by atoms with E-state index in [1.807, 2.05) is 0 Å². The lowest BCUT2D eigenvalue weighted by Gasteiger charge is -2.39. The van der Waals surface area contributed by atoms with Gasteiger partial charge in [-0.25, -0.2) is 0 Å². The third-order valence-corrected chi connectivity index (χ3v) is 12.5. The number of aliphatic hydroxyl groups excluding tert-OH is 2. The lowest BCUT2D eigenvalue weighted by atomic mass is 9.76. The molecule has 3 atom stereocenters. The van der Waals surface area contributed by atoms with Crippen LogP contribution in [0.25, 0.3) is 0 Å². The normalized spacial score (nSPS) is 19.8. The van der Waals surface area contributed by atoms with Gasteiger partial charge < -0.3 is 24.6 Å². The Kier molecular flexibility index (Phi) is 27.0. The van der Waals surface area contributed by atoms with E-state index in [4.69, 9.17) is 9.47 Å². The molecule has 0 aromatic carbocycles. The first-order valence-corrected chi connectivity index (χ1v) is 22.8. The fourth-order valence-corrected chi connectivity index (χ4v) is 8.91. The number of unbranched alkanes of at least 4 members (excludes halogenated alkanes) is 17. The SMILES string of the molecule is CCCCCCCC(CCCCCCC)C(=O)O[C@@H]1CC2(CCN(CCCCO)CC2)C[C@H]1OC(O)C(CCCCCCC)CCCCCCC. The van der Waals surface area contributed by atoms with Gasteiger partial charge in [0, 0.05) is 12.5 Å². The Labute approximate surface area is 317 Å². The summed E-state index contributed by atoms with van der Waals surface area (Å²) in [5, 5.41) is 21.0. The molecule has 6 heteroatoms. The highest BCUT2D eigenvalue weighted by Crippen LogP contribution is 2.49. The van der Waals surface area contributed by atoms with E-state index in [-0.39, 0.29) is 42.0 Å². The van der Waals surface area contributed by atoms with E-state index in [1.54, 1.807) is 0 Å². The van der Waals surface area contributed by atoms with Crippen molar-refractivity contribution >= 4 is 5.97 Å². The molecule has 1 unspecified atom stereocenters. The standard InChI is InChI=1S/C45H87NO5/c1-5-9-13-17-21-27-39(28-22-18-14-10-6-2)43(48)50-41-37-45(31-34-46(35-32-45)33-25-26-36-47)38-42(41)51-44(49)40(29-23-19-15-11-7-3)30-24-20-16-12-8-4/h39-43,47-48H,5-38H2,1-4H3/t41-,42-,43?/m1/s1. The minimum Gasteiger partial charge on any atom is -0.459 e. The van der Waals surface area contributed by atoms with E-state index >= 15 is 0 Å². The van der Waals surface area contributed by atoms with Crippen LogP contribution in [0.4, 0.5) is 0 Å². The summed E-state index contributed by atoms with van der Waals surface area (Å²) < 4.78 is 13.3. The molecule has 1 saturated carbocycles. The average Bonchev–Trinajstić information content (AvgIpc) is 3.45. The van der Waals surface area contributed by atoms with Crippen molar-refractivity contribution in [2.45, 2.75) is 239 Å². The summed E-state index contributed by atoms with van der Waals surface area (Å²) in [4.78, 5) is 16.6. The predicted molar refractivity (Wildman–Crippen MR) is 215 cm³/mol. The van der Waals surface area contributed by atoms with Crippen LogP contribution in [0, 0.1) is 17.3 Å². The number of esters is 1. The first kappa shape index (κ1) is 46.5. The molecule has 1 aliphatic heterocycles. The Balaban J connectivity index is 2.16. The summed E-state index contributed by atoms with van der Waals surface area (Å²) in [6.45, 7) is 12.5. The maximum atomic E-state index is 14.1. The molecule has 0 amide bonds. The van der Waals surface area contributed by atoms with Gasteiger partial charge in [0.05, 0.1) is 12.0 Å². The number of aliphatic hydroxyl groups is 2. The van der Waals surface area contributed by atoms with E-state index in [0.717, 1.165) is 110 Å². The molecule has 1 saturated heterocycles. The highest BCUT2D eigenvalue weighted by atomic mass is 16.6. The van der Waals surface area contributed by atoms with Crippen LogP contribution in [0.5, 0.6) is 0 Å². The largest absolute Gasteiger partial charge is 0.459 e. The second kappa shape index (κ2) is 29.6. The molecule has 302 valence electrons. The van der Waals surface area contributed by atoms with Crippen LogP contribution in [0.1, 0.15) is 220 Å². The summed E-state index contributed by atoms with van der Waals surface area (Å²) in [6, 6.07) is 0. The number of ether oxygens (including phenoxy) is 2. The zero-order valence-corrected chi connectivity index (χ0v) is 34.5. The van der Waals surface area contributed by atoms with Gasteiger partial charge in [0.25, 0.3) is 0 Å². The minimum absolute atomic E-state index is 0.00374. The Morgan fingerprint density at radius 2 is 1.08 bits per heavy atom. The summed E-state index contributed by atoms with van der Waals surface area (Å²) in [5.74, 6) is 0.118. The molecule has 51 heavy (non-hydrogen) atoms. The van der Waals surface area contributed by atoms with Gasteiger partial charge in [0.1, 0.15) is 6.10 Å². The van der Waals surface area contributed by atoms with Gasteiger partial charge >= 0.3 is 5.97 Å². The molecule has 2 fully saturated rings. The highest BCUT2D eigenvalue weighted by Gasteiger charge is 2.50. The lowest BCUT2D eigenvalue weighted by molar-refractivity contribution is -0.198. The molecule has 1 spiro atoms. The molecule has 0 radical (unpaired) electrons. The average molecular weight is 722 g/mol. The van der Waals surface area contributed by atoms with Crippen molar-refractivity contribution in [3.05, 3.63) is 0 Å². The number of carbonyl (C=O) groups is 1. The van der Waals surface area contributed by atoms with Gasteiger partial charge in [-0.1, -0.05) is 156 Å². The number of nitrogens with zero attached hydrogens (tertiary/aromatic N) is 1. The lowest BCUT2D eigenvalue weighted by Crippen LogP contribution is -2.40. The maximum Gasteiger partial charge on any atom is 0.309 e. The number of hydrogen-bond acceptors (Lipinski definition) is 6. The van der Waals surface area contributed by atoms with E-state index in [1.165, 1.54) is 103 Å². The number of hydrogen-bond donors (Lipinski definition) is 2. The number of carbonyl (C=O) groups excluding carboxylic acids is 1. The van der Waals surface area contributed by atoms with Crippen molar-refractivity contribution in [3.8, 4) is 0 Å². The van der Waals surface area contributed by atoms with E-state index in [2.05, 4.69) is 32.6 Å². The van der Waals surface area contributed by atoms with Gasteiger partial charge in [-0.2, -0.15) is 0 Å². The van der Waals surface area contributed by atoms with Crippen molar-refractivity contribution in [1.29, 1.82) is 0 Å². The Hall–Kier alpha value is -0.690. The zero-order chi connectivity index (χ0) is 37.0. The first-order valence-electron chi connectivity index (χ1n) is 22.8. The molecule has 2 rings (SSSR count). The fraction of sp³-hybridized carbons (Fsp3) is 0.978. The molecule has 1 aliphatic carbocycles. The van der Waals surface area contributed by atoms with Crippen LogP contribution >= 0.6 is 0 Å². The van der Waals surface area contributed by atoms with Crippen LogP contribution in [0.3, 0.4) is 0 Å². The van der Waals surface area contributed by atoms with Crippen LogP contribution < -0.4 is 0 Å². The number of piperidine rings is 1. The molecule has 2 N–H and O–H groups in total. The van der Waals surface area contributed by atoms with Crippen molar-refractivity contribution in [2.24, 2.45) is 17.3 Å². The second-order valence-corrected chi connectivity index (χ2v) is 17.0. The molecule has 0 aromatic rings. The molecular formula is C45H87NO5. The Morgan fingerprint density at radius 3 is 1.55 bits per heavy atom. The van der Waals surface area contributed by atoms with Gasteiger partial charge in [-0.05, 0) is 89.3 Å². The van der Waals surface area contributed by atoms with Crippen molar-refractivity contribution < 1.29 is 24.5 Å². The fourth-order valence-electron chi connectivity index (χ4n) is 8.91. The molecular weight excluding hydrogens is 634 g/mol. The summed E-state index contributed by atoms with van der Waals surface area (Å²) in [5.41, 5.74) is 0.106. The summed E-state index contributed by atoms with van der Waals surface area (Å²) in [6.07, 6.45) is 32.9. The highest BCUT2D eigenvalue weighted by molar-refractivity contribution is 5.72. The molecule has 0 aromatic heterocycles. The van der Waals surface area contributed by atoms with E-state index in [9.17, 15) is 15.0 Å². The monoisotopic (exact) mass is 722 g/mol. The van der Waals surface area contributed by atoms with E-state index in [0.29, 0.717) is 0 Å². The Morgan fingerprint density at radius 1 is 0.627 bits per heavy atom. The second-order valence-electron chi connectivity index (χ2n) is 17.0. The number of likely N-dealkylation sites (tertiary alicyclic amines) is 1. The van der Waals surface area contributed by atoms with Gasteiger partial charge in [0.15, 0.2) is 6.29 Å². The third kappa shape index (κ3) is 20.0. The minimum atomic E-state index is -0.796. The first-order chi connectivity index (χ1) is 24.9. The van der Waals surface area contributed by atoms with Crippen molar-refractivity contribution in [1.82, 2.24) is 4.90 Å². The Bertz CT molecular complexity index is 786. The van der Waals surface area contributed by atoms with Crippen LogP contribution in [0.2, 0.25) is 0 Å². The summed E-state index contributed by atoms with van der Waals surface area (Å²) in [7, 11) is 0. The third-order valence-electron chi connectivity index (χ3n) is 12.5. The van der Waals surface area contributed by atoms with Crippen molar-refractivity contribution in [3.63, 3.8) is 0 Å². The van der Waals surface area contributed by atoms with E-state index < -0.39 is 6.29 Å². The maximum absolute atomic E-state index is 14.1. The van der Waals surface area contributed by atoms with Gasteiger partial charge in [-0.3, -0.25) is 4.79 Å². The zero-order valence-electron chi connectivity index (χ0n) is 34.5. The van der Waals surface area contributed by atoms with Crippen LogP contribution in [-0.2, 0) is 14.3 Å². The summed E-state index contributed by atoms with van der Waals surface area (Å²) >= 11 is 0. The van der Waals surface area contributed by atoms with Gasteiger partial charge in [-0.15, -0.1) is 0 Å². The van der Waals surface area contributed by atoms with Gasteiger partial charge in [0.2, 0.25) is 0 Å². The smallest absolute Gasteiger partial charge is 0.309 e. The molecule has 6 nitrogen and oxygen atoms in total. The molecule has 2 aliphatic rings. The number of rotatable bonds is 33. The predicted octanol–water partition coefficient (Wildman–Crippen LogP) is 11.9. The van der Waals surface area contributed by atoms with Crippen molar-refractivity contribution in [2.75, 3.05) is 26.2 Å². The molecule has 1 heterocycles. The molecule has 0 bridgehead atoms.